The standard InChI is InChI=1S/C24H17F3N2O4.CH2O2/c25-24(26,27)33-17-9-7-16(8-10-17)23(11-13-31-19-6-3-12-28-21(19)23)29-22(30)20-14-15-4-1-2-5-18(15)32-20;2-1-3/h1-10,12,14H,11,13H2,(H,29,30);1H,(H,2,3)/t23-;/m0./s1. The quantitative estimate of drug-likeness (QED) is 0.384. The number of fused-ring (bicyclic) bond motifs is 2. The molecule has 0 fully saturated rings. The van der Waals surface area contributed by atoms with E-state index >= 15 is 0 Å². The van der Waals surface area contributed by atoms with E-state index in [9.17, 15) is 18.0 Å². The van der Waals surface area contributed by atoms with E-state index in [1.807, 2.05) is 12.1 Å². The van der Waals surface area contributed by atoms with Crippen LogP contribution < -0.4 is 14.8 Å². The van der Waals surface area contributed by atoms with Crippen LogP contribution in [0.4, 0.5) is 13.2 Å². The summed E-state index contributed by atoms with van der Waals surface area (Å²) in [5.74, 6) is -0.264. The van der Waals surface area contributed by atoms with Crippen LogP contribution in [0.3, 0.4) is 0 Å². The molecule has 186 valence electrons. The van der Waals surface area contributed by atoms with Crippen molar-refractivity contribution in [3.63, 3.8) is 0 Å². The largest absolute Gasteiger partial charge is 0.573 e. The van der Waals surface area contributed by atoms with Crippen LogP contribution in [0.2, 0.25) is 0 Å². The molecule has 0 unspecified atom stereocenters. The maximum Gasteiger partial charge on any atom is 0.573 e. The number of alkyl halides is 3. The van der Waals surface area contributed by atoms with Gasteiger partial charge in [-0.3, -0.25) is 14.6 Å². The third-order valence-corrected chi connectivity index (χ3v) is 5.47. The number of nitrogens with one attached hydrogen (secondary N) is 1. The number of carboxylic acid groups (broad SMARTS) is 1. The zero-order chi connectivity index (χ0) is 25.8. The topological polar surface area (TPSA) is 111 Å². The van der Waals surface area contributed by atoms with Crippen LogP contribution in [0.15, 0.2) is 77.3 Å². The number of benzene rings is 2. The molecule has 36 heavy (non-hydrogen) atoms. The number of ether oxygens (including phenoxy) is 2. The summed E-state index contributed by atoms with van der Waals surface area (Å²) in [5.41, 5.74) is 0.396. The Labute approximate surface area is 202 Å². The van der Waals surface area contributed by atoms with E-state index in [0.717, 1.165) is 5.39 Å². The van der Waals surface area contributed by atoms with Crippen LogP contribution >= 0.6 is 0 Å². The number of carbonyl (C=O) groups is 2. The zero-order valence-electron chi connectivity index (χ0n) is 18.5. The number of hydrogen-bond donors (Lipinski definition) is 2. The lowest BCUT2D eigenvalue weighted by atomic mass is 9.81. The van der Waals surface area contributed by atoms with Crippen LogP contribution in [-0.4, -0.2) is 35.4 Å². The van der Waals surface area contributed by atoms with Crippen molar-refractivity contribution in [1.82, 2.24) is 10.3 Å². The molecule has 1 aliphatic heterocycles. The van der Waals surface area contributed by atoms with Crippen LogP contribution in [0.25, 0.3) is 11.0 Å². The van der Waals surface area contributed by atoms with Crippen molar-refractivity contribution in [3.8, 4) is 11.5 Å². The van der Waals surface area contributed by atoms with Gasteiger partial charge in [0.25, 0.3) is 12.4 Å². The summed E-state index contributed by atoms with van der Waals surface area (Å²) in [6.45, 7) is 0.0138. The highest BCUT2D eigenvalue weighted by atomic mass is 19.4. The Kier molecular flexibility index (Phi) is 6.82. The molecule has 0 aliphatic carbocycles. The number of rotatable bonds is 4. The summed E-state index contributed by atoms with van der Waals surface area (Å²) in [5, 5.41) is 10.7. The molecule has 2 aromatic heterocycles. The summed E-state index contributed by atoms with van der Waals surface area (Å²) < 4.78 is 53.2. The lowest BCUT2D eigenvalue weighted by Crippen LogP contribution is -2.50. The number of para-hydroxylation sites is 1. The van der Waals surface area contributed by atoms with E-state index < -0.39 is 17.8 Å². The molecular weight excluding hydrogens is 481 g/mol. The SMILES string of the molecule is O=C(N[C@]1(c2ccc(OC(F)(F)F)cc2)CCOc2cccnc21)c1cc2ccccc2o1.O=CO. The summed E-state index contributed by atoms with van der Waals surface area (Å²) in [7, 11) is 0. The highest BCUT2D eigenvalue weighted by molar-refractivity contribution is 5.96. The molecule has 4 aromatic rings. The number of pyridine rings is 1. The van der Waals surface area contributed by atoms with Gasteiger partial charge in [0.15, 0.2) is 5.76 Å². The van der Waals surface area contributed by atoms with Gasteiger partial charge in [0.1, 0.15) is 28.3 Å². The minimum atomic E-state index is -4.80. The fraction of sp³-hybridized carbons (Fsp3) is 0.160. The number of aromatic nitrogens is 1. The number of hydrogen-bond acceptors (Lipinski definition) is 6. The van der Waals surface area contributed by atoms with Crippen molar-refractivity contribution in [2.75, 3.05) is 6.61 Å². The van der Waals surface area contributed by atoms with Gasteiger partial charge >= 0.3 is 6.36 Å². The minimum absolute atomic E-state index is 0.108. The Morgan fingerprint density at radius 2 is 1.83 bits per heavy atom. The van der Waals surface area contributed by atoms with Crippen molar-refractivity contribution in [2.45, 2.75) is 18.3 Å². The van der Waals surface area contributed by atoms with Crippen LogP contribution in [0.1, 0.15) is 28.2 Å². The molecule has 0 radical (unpaired) electrons. The Morgan fingerprint density at radius 3 is 2.53 bits per heavy atom. The van der Waals surface area contributed by atoms with E-state index in [2.05, 4.69) is 15.0 Å². The van der Waals surface area contributed by atoms with Crippen LogP contribution in [-0.2, 0) is 10.3 Å². The lowest BCUT2D eigenvalue weighted by Gasteiger charge is -2.38. The second kappa shape index (κ2) is 9.98. The highest BCUT2D eigenvalue weighted by Gasteiger charge is 2.43. The van der Waals surface area contributed by atoms with Crippen LogP contribution in [0.5, 0.6) is 11.5 Å². The molecule has 0 saturated heterocycles. The molecule has 0 spiro atoms. The molecule has 1 amide bonds. The lowest BCUT2D eigenvalue weighted by molar-refractivity contribution is -0.274. The van der Waals surface area contributed by atoms with E-state index in [0.29, 0.717) is 29.0 Å². The first-order valence-corrected chi connectivity index (χ1v) is 10.6. The molecule has 2 aromatic carbocycles. The molecule has 1 atom stereocenters. The first kappa shape index (κ1) is 24.6. The van der Waals surface area contributed by atoms with Gasteiger partial charge in [0, 0.05) is 18.0 Å². The molecular formula is C25H19F3N2O6. The van der Waals surface area contributed by atoms with Crippen molar-refractivity contribution in [1.29, 1.82) is 0 Å². The van der Waals surface area contributed by atoms with Gasteiger partial charge in [-0.2, -0.15) is 0 Å². The van der Waals surface area contributed by atoms with Gasteiger partial charge < -0.3 is 24.3 Å². The normalized spacial score (nSPS) is 16.6. The van der Waals surface area contributed by atoms with Gasteiger partial charge in [-0.15, -0.1) is 13.2 Å². The Morgan fingerprint density at radius 1 is 1.11 bits per heavy atom. The third-order valence-electron chi connectivity index (χ3n) is 5.47. The van der Waals surface area contributed by atoms with E-state index in [-0.39, 0.29) is 24.6 Å². The summed E-state index contributed by atoms with van der Waals surface area (Å²) >= 11 is 0. The van der Waals surface area contributed by atoms with Gasteiger partial charge in [0.05, 0.1) is 6.61 Å². The number of amides is 1. The van der Waals surface area contributed by atoms with Gasteiger partial charge in [-0.25, -0.2) is 0 Å². The first-order valence-electron chi connectivity index (χ1n) is 10.6. The number of nitrogens with zero attached hydrogens (tertiary/aromatic N) is 1. The van der Waals surface area contributed by atoms with Crippen molar-refractivity contribution < 1.29 is 41.8 Å². The fourth-order valence-electron chi connectivity index (χ4n) is 4.03. The molecule has 1 aliphatic rings. The van der Waals surface area contributed by atoms with Crippen molar-refractivity contribution in [2.24, 2.45) is 0 Å². The fourth-order valence-corrected chi connectivity index (χ4v) is 4.03. The Hall–Kier alpha value is -4.54. The molecule has 0 bridgehead atoms. The first-order chi connectivity index (χ1) is 17.3. The Balaban J connectivity index is 0.000000967. The second-order valence-corrected chi connectivity index (χ2v) is 7.63. The summed E-state index contributed by atoms with van der Waals surface area (Å²) in [6.07, 6.45) is -2.93. The average Bonchev–Trinajstić information content (AvgIpc) is 3.29. The Bertz CT molecular complexity index is 1340. The maximum absolute atomic E-state index is 13.3. The summed E-state index contributed by atoms with van der Waals surface area (Å²) in [6, 6.07) is 17.7. The monoisotopic (exact) mass is 500 g/mol. The maximum atomic E-state index is 13.3. The molecule has 11 heteroatoms. The smallest absolute Gasteiger partial charge is 0.491 e. The average molecular weight is 500 g/mol. The van der Waals surface area contributed by atoms with Gasteiger partial charge in [0.2, 0.25) is 0 Å². The van der Waals surface area contributed by atoms with Crippen molar-refractivity contribution in [3.05, 3.63) is 89.9 Å². The molecule has 8 nitrogen and oxygen atoms in total. The van der Waals surface area contributed by atoms with E-state index in [1.54, 1.807) is 36.5 Å². The van der Waals surface area contributed by atoms with E-state index in [1.165, 1.54) is 24.3 Å². The van der Waals surface area contributed by atoms with Gasteiger partial charge in [-0.1, -0.05) is 30.3 Å². The van der Waals surface area contributed by atoms with Crippen LogP contribution in [0, 0.1) is 0 Å². The molecule has 2 N–H and O–H groups in total. The molecule has 3 heterocycles. The predicted octanol–water partition coefficient (Wildman–Crippen LogP) is 4.88. The molecule has 5 rings (SSSR count). The third kappa shape index (κ3) is 5.09. The highest BCUT2D eigenvalue weighted by Crippen LogP contribution is 2.41. The van der Waals surface area contributed by atoms with Gasteiger partial charge in [-0.05, 0) is 42.0 Å². The predicted molar refractivity (Wildman–Crippen MR) is 121 cm³/mol. The second-order valence-electron chi connectivity index (χ2n) is 7.63. The number of furan rings is 1. The number of halogens is 3. The zero-order valence-corrected chi connectivity index (χ0v) is 18.5. The number of carbonyl (C=O) groups excluding carboxylic acids is 1. The minimum Gasteiger partial charge on any atom is -0.491 e. The summed E-state index contributed by atoms with van der Waals surface area (Å²) in [4.78, 5) is 26.1. The van der Waals surface area contributed by atoms with E-state index in [4.69, 9.17) is 19.1 Å². The van der Waals surface area contributed by atoms with Crippen molar-refractivity contribution >= 4 is 23.3 Å². The molecule has 0 saturated carbocycles.